The van der Waals surface area contributed by atoms with Gasteiger partial charge in [0.2, 0.25) is 0 Å². The van der Waals surface area contributed by atoms with Crippen LogP contribution in [0, 0.1) is 0 Å². The molecule has 5 heteroatoms. The first-order chi connectivity index (χ1) is 9.71. The van der Waals surface area contributed by atoms with Crippen LogP contribution in [0.15, 0.2) is 24.4 Å². The molecule has 20 heavy (non-hydrogen) atoms. The average Bonchev–Trinajstić information content (AvgIpc) is 2.94. The topological polar surface area (TPSA) is 69.2 Å². The van der Waals surface area contributed by atoms with Crippen LogP contribution in [0.3, 0.4) is 0 Å². The average molecular weight is 275 g/mol. The summed E-state index contributed by atoms with van der Waals surface area (Å²) in [7, 11) is 0. The molecule has 0 saturated carbocycles. The second-order valence-corrected chi connectivity index (χ2v) is 4.86. The van der Waals surface area contributed by atoms with Crippen molar-refractivity contribution >= 4 is 16.8 Å². The molecule has 2 rings (SSSR count). The van der Waals surface area contributed by atoms with Crippen LogP contribution in [0.1, 0.15) is 37.0 Å². The number of benzene rings is 1. The molecule has 0 atom stereocenters. The van der Waals surface area contributed by atoms with Crippen molar-refractivity contribution in [3.63, 3.8) is 0 Å². The SMILES string of the molecule is CCC(CC)N(CCO)C(=O)c1ccc2[nH]ncc2c1. The Bertz CT molecular complexity index is 575. The van der Waals surface area contributed by atoms with Gasteiger partial charge in [0, 0.05) is 23.5 Å². The Morgan fingerprint density at radius 1 is 1.40 bits per heavy atom. The van der Waals surface area contributed by atoms with Crippen molar-refractivity contribution in [1.82, 2.24) is 15.1 Å². The van der Waals surface area contributed by atoms with E-state index in [2.05, 4.69) is 24.0 Å². The van der Waals surface area contributed by atoms with Crippen molar-refractivity contribution in [2.75, 3.05) is 13.2 Å². The summed E-state index contributed by atoms with van der Waals surface area (Å²) in [6, 6.07) is 5.66. The fourth-order valence-corrected chi connectivity index (χ4v) is 2.53. The predicted octanol–water partition coefficient (Wildman–Crippen LogP) is 2.19. The maximum absolute atomic E-state index is 12.6. The zero-order chi connectivity index (χ0) is 14.5. The van der Waals surface area contributed by atoms with Crippen molar-refractivity contribution in [1.29, 1.82) is 0 Å². The van der Waals surface area contributed by atoms with E-state index in [0.29, 0.717) is 12.1 Å². The van der Waals surface area contributed by atoms with Crippen LogP contribution < -0.4 is 0 Å². The quantitative estimate of drug-likeness (QED) is 0.849. The number of aliphatic hydroxyl groups is 1. The number of hydrogen-bond donors (Lipinski definition) is 2. The van der Waals surface area contributed by atoms with E-state index in [4.69, 9.17) is 0 Å². The van der Waals surface area contributed by atoms with Crippen LogP contribution in [-0.2, 0) is 0 Å². The summed E-state index contributed by atoms with van der Waals surface area (Å²) in [4.78, 5) is 14.4. The number of carbonyl (C=O) groups is 1. The molecular formula is C15H21N3O2. The summed E-state index contributed by atoms with van der Waals surface area (Å²) in [6.07, 6.45) is 3.48. The van der Waals surface area contributed by atoms with Gasteiger partial charge in [-0.3, -0.25) is 9.89 Å². The minimum absolute atomic E-state index is 0.0177. The monoisotopic (exact) mass is 275 g/mol. The van der Waals surface area contributed by atoms with Gasteiger partial charge in [0.15, 0.2) is 0 Å². The van der Waals surface area contributed by atoms with Crippen molar-refractivity contribution in [2.45, 2.75) is 32.7 Å². The zero-order valence-electron chi connectivity index (χ0n) is 12.0. The van der Waals surface area contributed by atoms with E-state index in [1.807, 2.05) is 12.1 Å². The second kappa shape index (κ2) is 6.52. The summed E-state index contributed by atoms with van der Waals surface area (Å²) in [6.45, 7) is 4.47. The maximum Gasteiger partial charge on any atom is 0.254 e. The third kappa shape index (κ3) is 2.82. The molecule has 2 aromatic rings. The summed E-state index contributed by atoms with van der Waals surface area (Å²) in [5.74, 6) is -0.0316. The molecule has 0 aliphatic heterocycles. The number of carbonyl (C=O) groups excluding carboxylic acids is 1. The van der Waals surface area contributed by atoms with Gasteiger partial charge in [0.05, 0.1) is 18.3 Å². The summed E-state index contributed by atoms with van der Waals surface area (Å²) in [5.41, 5.74) is 1.55. The van der Waals surface area contributed by atoms with Gasteiger partial charge >= 0.3 is 0 Å². The van der Waals surface area contributed by atoms with Crippen molar-refractivity contribution in [2.24, 2.45) is 0 Å². The molecule has 1 heterocycles. The number of H-pyrrole nitrogens is 1. The van der Waals surface area contributed by atoms with Crippen LogP contribution in [0.5, 0.6) is 0 Å². The van der Waals surface area contributed by atoms with Gasteiger partial charge in [-0.2, -0.15) is 5.10 Å². The first-order valence-corrected chi connectivity index (χ1v) is 7.06. The second-order valence-electron chi connectivity index (χ2n) is 4.86. The highest BCUT2D eigenvalue weighted by molar-refractivity contribution is 5.98. The smallest absolute Gasteiger partial charge is 0.254 e. The molecule has 108 valence electrons. The molecule has 5 nitrogen and oxygen atoms in total. The van der Waals surface area contributed by atoms with Gasteiger partial charge in [-0.15, -0.1) is 0 Å². The third-order valence-corrected chi connectivity index (χ3v) is 3.67. The Labute approximate surface area is 118 Å². The first kappa shape index (κ1) is 14.5. The number of aromatic nitrogens is 2. The Balaban J connectivity index is 2.29. The Morgan fingerprint density at radius 2 is 2.15 bits per heavy atom. The normalized spacial score (nSPS) is 11.2. The lowest BCUT2D eigenvalue weighted by molar-refractivity contribution is 0.0622. The molecule has 0 saturated heterocycles. The highest BCUT2D eigenvalue weighted by Crippen LogP contribution is 2.17. The molecule has 1 aromatic heterocycles. The zero-order valence-corrected chi connectivity index (χ0v) is 12.0. The number of amides is 1. The number of rotatable bonds is 6. The lowest BCUT2D eigenvalue weighted by Crippen LogP contribution is -2.41. The molecule has 0 aliphatic carbocycles. The van der Waals surface area contributed by atoms with E-state index in [1.54, 1.807) is 17.2 Å². The van der Waals surface area contributed by atoms with Gasteiger partial charge in [0.1, 0.15) is 0 Å². The number of aliphatic hydroxyl groups excluding tert-OH is 1. The molecule has 0 unspecified atom stereocenters. The van der Waals surface area contributed by atoms with Crippen molar-refractivity contribution < 1.29 is 9.90 Å². The number of fused-ring (bicyclic) bond motifs is 1. The van der Waals surface area contributed by atoms with Crippen molar-refractivity contribution in [3.8, 4) is 0 Å². The summed E-state index contributed by atoms with van der Waals surface area (Å²) in [5, 5.41) is 17.0. The summed E-state index contributed by atoms with van der Waals surface area (Å²) >= 11 is 0. The van der Waals surface area contributed by atoms with E-state index >= 15 is 0 Å². The van der Waals surface area contributed by atoms with Gasteiger partial charge in [0.25, 0.3) is 5.91 Å². The Hall–Kier alpha value is -1.88. The fourth-order valence-electron chi connectivity index (χ4n) is 2.53. The molecule has 1 aromatic carbocycles. The molecule has 1 amide bonds. The molecule has 0 spiro atoms. The number of nitrogens with zero attached hydrogens (tertiary/aromatic N) is 2. The first-order valence-electron chi connectivity index (χ1n) is 7.06. The Morgan fingerprint density at radius 3 is 2.80 bits per heavy atom. The Kier molecular flexibility index (Phi) is 4.74. The fraction of sp³-hybridized carbons (Fsp3) is 0.467. The van der Waals surface area contributed by atoms with E-state index in [1.165, 1.54) is 0 Å². The molecule has 2 N–H and O–H groups in total. The molecular weight excluding hydrogens is 254 g/mol. The van der Waals surface area contributed by atoms with E-state index < -0.39 is 0 Å². The highest BCUT2D eigenvalue weighted by atomic mass is 16.3. The van der Waals surface area contributed by atoms with E-state index in [-0.39, 0.29) is 18.6 Å². The van der Waals surface area contributed by atoms with Crippen LogP contribution >= 0.6 is 0 Å². The van der Waals surface area contributed by atoms with Crippen LogP contribution in [0.4, 0.5) is 0 Å². The lowest BCUT2D eigenvalue weighted by Gasteiger charge is -2.30. The number of aromatic amines is 1. The predicted molar refractivity (Wildman–Crippen MR) is 78.6 cm³/mol. The van der Waals surface area contributed by atoms with E-state index in [9.17, 15) is 9.90 Å². The summed E-state index contributed by atoms with van der Waals surface area (Å²) < 4.78 is 0. The molecule has 0 aliphatic rings. The lowest BCUT2D eigenvalue weighted by atomic mass is 10.1. The maximum atomic E-state index is 12.6. The van der Waals surface area contributed by atoms with Gasteiger partial charge in [-0.25, -0.2) is 0 Å². The minimum atomic E-state index is -0.0316. The largest absolute Gasteiger partial charge is 0.395 e. The minimum Gasteiger partial charge on any atom is -0.395 e. The number of nitrogens with one attached hydrogen (secondary N) is 1. The van der Waals surface area contributed by atoms with Crippen LogP contribution in [0.2, 0.25) is 0 Å². The number of hydrogen-bond acceptors (Lipinski definition) is 3. The highest BCUT2D eigenvalue weighted by Gasteiger charge is 2.22. The van der Waals surface area contributed by atoms with Gasteiger partial charge in [-0.05, 0) is 31.0 Å². The molecule has 0 radical (unpaired) electrons. The van der Waals surface area contributed by atoms with Gasteiger partial charge in [-0.1, -0.05) is 13.8 Å². The van der Waals surface area contributed by atoms with E-state index in [0.717, 1.165) is 23.7 Å². The van der Waals surface area contributed by atoms with Crippen LogP contribution in [0.25, 0.3) is 10.9 Å². The van der Waals surface area contributed by atoms with Crippen LogP contribution in [-0.4, -0.2) is 45.3 Å². The molecule has 0 bridgehead atoms. The standard InChI is InChI=1S/C15H21N3O2/c1-3-13(4-2)18(7-8-19)15(20)11-5-6-14-12(9-11)10-16-17-14/h5-6,9-10,13,19H,3-4,7-8H2,1-2H3,(H,16,17). The van der Waals surface area contributed by atoms with Gasteiger partial charge < -0.3 is 10.0 Å². The molecule has 0 fully saturated rings. The van der Waals surface area contributed by atoms with Crippen molar-refractivity contribution in [3.05, 3.63) is 30.0 Å². The third-order valence-electron chi connectivity index (χ3n) is 3.67.